The van der Waals surface area contributed by atoms with E-state index in [-0.39, 0.29) is 5.91 Å². The van der Waals surface area contributed by atoms with Crippen molar-refractivity contribution in [1.29, 1.82) is 0 Å². The molecule has 0 fully saturated rings. The van der Waals surface area contributed by atoms with Crippen LogP contribution >= 0.6 is 22.6 Å². The number of carbonyl (C=O) groups excluding carboxylic acids is 1. The zero-order valence-electron chi connectivity index (χ0n) is 9.64. The molecule has 0 bridgehead atoms. The summed E-state index contributed by atoms with van der Waals surface area (Å²) in [5, 5.41) is 2.80. The molecule has 1 aromatic carbocycles. The molecule has 0 aliphatic carbocycles. The molecule has 0 aliphatic heterocycles. The summed E-state index contributed by atoms with van der Waals surface area (Å²) in [6.07, 6.45) is 3.30. The molecule has 0 aliphatic rings. The smallest absolute Gasteiger partial charge is 0.275 e. The third-order valence-electron chi connectivity index (χ3n) is 2.34. The fourth-order valence-electron chi connectivity index (χ4n) is 1.51. The highest BCUT2D eigenvalue weighted by Crippen LogP contribution is 2.13. The van der Waals surface area contributed by atoms with Gasteiger partial charge in [0.1, 0.15) is 5.69 Å². The predicted molar refractivity (Wildman–Crippen MR) is 78.4 cm³/mol. The van der Waals surface area contributed by atoms with Gasteiger partial charge in [0, 0.05) is 28.5 Å². The Labute approximate surface area is 119 Å². The summed E-state index contributed by atoms with van der Waals surface area (Å²) in [5.74, 6) is -0.215. The fourth-order valence-corrected chi connectivity index (χ4v) is 2.05. The van der Waals surface area contributed by atoms with Crippen molar-refractivity contribution in [2.45, 2.75) is 6.54 Å². The van der Waals surface area contributed by atoms with E-state index >= 15 is 0 Å². The summed E-state index contributed by atoms with van der Waals surface area (Å²) in [6.45, 7) is 1.18. The van der Waals surface area contributed by atoms with E-state index in [0.717, 1.165) is 9.26 Å². The van der Waals surface area contributed by atoms with Gasteiger partial charge in [0.2, 0.25) is 0 Å². The maximum absolute atomic E-state index is 11.9. The molecule has 5 nitrogen and oxygen atoms in total. The van der Waals surface area contributed by atoms with Gasteiger partial charge in [0.05, 0.1) is 6.33 Å². The zero-order valence-corrected chi connectivity index (χ0v) is 11.8. The standard InChI is InChI=1S/C12H13IN4O/c13-9-2-1-3-10(6-9)16-12(18)11-7-17(5-4-14)8-15-11/h1-3,6-8H,4-5,14H2,(H,16,18). The number of hydrogen-bond acceptors (Lipinski definition) is 3. The topological polar surface area (TPSA) is 72.9 Å². The van der Waals surface area contributed by atoms with Crippen LogP contribution in [0, 0.1) is 3.57 Å². The van der Waals surface area contributed by atoms with Crippen molar-refractivity contribution in [2.24, 2.45) is 5.73 Å². The summed E-state index contributed by atoms with van der Waals surface area (Å²) in [4.78, 5) is 16.0. The number of benzene rings is 1. The molecule has 0 atom stereocenters. The second kappa shape index (κ2) is 5.96. The number of imidazole rings is 1. The average molecular weight is 356 g/mol. The Morgan fingerprint density at radius 2 is 2.33 bits per heavy atom. The van der Waals surface area contributed by atoms with E-state index < -0.39 is 0 Å². The molecule has 18 heavy (non-hydrogen) atoms. The quantitative estimate of drug-likeness (QED) is 0.819. The fraction of sp³-hybridized carbons (Fsp3) is 0.167. The van der Waals surface area contributed by atoms with Crippen molar-refractivity contribution < 1.29 is 4.79 Å². The second-order valence-corrected chi connectivity index (χ2v) is 5.00. The van der Waals surface area contributed by atoms with Crippen LogP contribution in [0.15, 0.2) is 36.8 Å². The normalized spacial score (nSPS) is 10.3. The zero-order chi connectivity index (χ0) is 13.0. The van der Waals surface area contributed by atoms with Gasteiger partial charge in [-0.2, -0.15) is 0 Å². The molecular formula is C12H13IN4O. The molecule has 0 radical (unpaired) electrons. The summed E-state index contributed by atoms with van der Waals surface area (Å²) in [7, 11) is 0. The molecule has 0 saturated heterocycles. The lowest BCUT2D eigenvalue weighted by molar-refractivity contribution is 0.102. The Morgan fingerprint density at radius 3 is 3.06 bits per heavy atom. The van der Waals surface area contributed by atoms with Crippen LogP contribution in [0.25, 0.3) is 0 Å². The molecule has 94 valence electrons. The Kier molecular flexibility index (Phi) is 4.32. The summed E-state index contributed by atoms with van der Waals surface area (Å²) in [5.41, 5.74) is 6.59. The molecule has 1 aromatic heterocycles. The lowest BCUT2D eigenvalue weighted by Crippen LogP contribution is -2.12. The van der Waals surface area contributed by atoms with Crippen LogP contribution in [0.2, 0.25) is 0 Å². The van der Waals surface area contributed by atoms with Gasteiger partial charge in [0.15, 0.2) is 0 Å². The van der Waals surface area contributed by atoms with Crippen LogP contribution in [0.1, 0.15) is 10.5 Å². The molecule has 1 heterocycles. The first kappa shape index (κ1) is 13.0. The van der Waals surface area contributed by atoms with Gasteiger partial charge in [-0.15, -0.1) is 0 Å². The number of aromatic nitrogens is 2. The summed E-state index contributed by atoms with van der Waals surface area (Å²) in [6, 6.07) is 7.60. The Morgan fingerprint density at radius 1 is 1.50 bits per heavy atom. The molecular weight excluding hydrogens is 343 g/mol. The van der Waals surface area contributed by atoms with Gasteiger partial charge < -0.3 is 15.6 Å². The minimum atomic E-state index is -0.215. The Balaban J connectivity index is 2.07. The van der Waals surface area contributed by atoms with Crippen LogP contribution in [0.3, 0.4) is 0 Å². The van der Waals surface area contributed by atoms with E-state index in [2.05, 4.69) is 32.9 Å². The van der Waals surface area contributed by atoms with Gasteiger partial charge in [-0.3, -0.25) is 4.79 Å². The first-order chi connectivity index (χ1) is 8.69. The van der Waals surface area contributed by atoms with Gasteiger partial charge in [-0.25, -0.2) is 4.98 Å². The predicted octanol–water partition coefficient (Wildman–Crippen LogP) is 1.70. The van der Waals surface area contributed by atoms with Crippen molar-refractivity contribution in [3.05, 3.63) is 46.1 Å². The Bertz CT molecular complexity index is 553. The number of nitrogens with two attached hydrogens (primary N) is 1. The van der Waals surface area contributed by atoms with E-state index in [0.29, 0.717) is 18.8 Å². The van der Waals surface area contributed by atoms with Gasteiger partial charge >= 0.3 is 0 Å². The molecule has 3 N–H and O–H groups in total. The third-order valence-corrected chi connectivity index (χ3v) is 3.01. The molecule has 6 heteroatoms. The molecule has 1 amide bonds. The number of halogens is 1. The number of nitrogens with one attached hydrogen (secondary N) is 1. The summed E-state index contributed by atoms with van der Waals surface area (Å²) < 4.78 is 2.86. The van der Waals surface area contributed by atoms with Crippen LogP contribution in [-0.4, -0.2) is 22.0 Å². The van der Waals surface area contributed by atoms with Crippen LogP contribution < -0.4 is 11.1 Å². The molecule has 2 aromatic rings. The van der Waals surface area contributed by atoms with Crippen molar-refractivity contribution in [3.8, 4) is 0 Å². The number of hydrogen-bond donors (Lipinski definition) is 2. The van der Waals surface area contributed by atoms with E-state index in [1.807, 2.05) is 24.3 Å². The van der Waals surface area contributed by atoms with Crippen LogP contribution in [0.5, 0.6) is 0 Å². The van der Waals surface area contributed by atoms with Crippen LogP contribution in [0.4, 0.5) is 5.69 Å². The minimum Gasteiger partial charge on any atom is -0.335 e. The number of carbonyl (C=O) groups is 1. The molecule has 0 unspecified atom stereocenters. The highest BCUT2D eigenvalue weighted by Gasteiger charge is 2.09. The lowest BCUT2D eigenvalue weighted by atomic mass is 10.3. The highest BCUT2D eigenvalue weighted by molar-refractivity contribution is 14.1. The summed E-state index contributed by atoms with van der Waals surface area (Å²) >= 11 is 2.20. The third kappa shape index (κ3) is 3.30. The number of amides is 1. The average Bonchev–Trinajstić information content (AvgIpc) is 2.78. The highest BCUT2D eigenvalue weighted by atomic mass is 127. The Hall–Kier alpha value is -1.41. The van der Waals surface area contributed by atoms with E-state index in [1.165, 1.54) is 0 Å². The number of rotatable bonds is 4. The van der Waals surface area contributed by atoms with E-state index in [9.17, 15) is 4.79 Å². The maximum atomic E-state index is 11.9. The SMILES string of the molecule is NCCn1cnc(C(=O)Nc2cccc(I)c2)c1. The van der Waals surface area contributed by atoms with Gasteiger partial charge in [-0.05, 0) is 40.8 Å². The largest absolute Gasteiger partial charge is 0.335 e. The van der Waals surface area contributed by atoms with Gasteiger partial charge in [-0.1, -0.05) is 6.07 Å². The van der Waals surface area contributed by atoms with E-state index in [1.54, 1.807) is 17.1 Å². The van der Waals surface area contributed by atoms with Gasteiger partial charge in [0.25, 0.3) is 5.91 Å². The second-order valence-electron chi connectivity index (χ2n) is 3.75. The van der Waals surface area contributed by atoms with Crippen LogP contribution in [-0.2, 0) is 6.54 Å². The molecule has 0 saturated carbocycles. The van der Waals surface area contributed by atoms with Crippen molar-refractivity contribution in [1.82, 2.24) is 9.55 Å². The molecule has 2 rings (SSSR count). The lowest BCUT2D eigenvalue weighted by Gasteiger charge is -2.03. The van der Waals surface area contributed by atoms with E-state index in [4.69, 9.17) is 5.73 Å². The molecule has 0 spiro atoms. The monoisotopic (exact) mass is 356 g/mol. The number of nitrogens with zero attached hydrogens (tertiary/aromatic N) is 2. The first-order valence-electron chi connectivity index (χ1n) is 5.48. The number of anilines is 1. The van der Waals surface area contributed by atoms with Crippen molar-refractivity contribution in [2.75, 3.05) is 11.9 Å². The first-order valence-corrected chi connectivity index (χ1v) is 6.55. The maximum Gasteiger partial charge on any atom is 0.275 e. The van der Waals surface area contributed by atoms with Crippen molar-refractivity contribution in [3.63, 3.8) is 0 Å². The minimum absolute atomic E-state index is 0.215. The van der Waals surface area contributed by atoms with Crippen molar-refractivity contribution >= 4 is 34.2 Å².